The van der Waals surface area contributed by atoms with Gasteiger partial charge in [0.1, 0.15) is 6.61 Å². The normalized spacial score (nSPS) is 11.4. The van der Waals surface area contributed by atoms with E-state index in [9.17, 15) is 0 Å². The smallest absolute Gasteiger partial charge is 0.163 e. The lowest BCUT2D eigenvalue weighted by molar-refractivity contribution is 0.284. The van der Waals surface area contributed by atoms with Crippen molar-refractivity contribution in [1.29, 1.82) is 0 Å². The van der Waals surface area contributed by atoms with E-state index in [0.717, 1.165) is 17.5 Å². The van der Waals surface area contributed by atoms with Crippen LogP contribution in [0.2, 0.25) is 5.02 Å². The van der Waals surface area contributed by atoms with Gasteiger partial charge in [0.15, 0.2) is 11.5 Å². The van der Waals surface area contributed by atoms with Gasteiger partial charge in [-0.15, -0.1) is 0 Å². The topological polar surface area (TPSA) is 30.5 Å². The Labute approximate surface area is 149 Å². The first-order chi connectivity index (χ1) is 11.4. The standard InChI is InChI=1S/C20H26ClNO2/c1-5-20(2,3)22-13-16-11-18(23-4)19(12-17(16)21)24-14-15-9-7-6-8-10-15/h6-12,22H,5,13-14H2,1-4H3. The molecule has 0 aliphatic heterocycles. The monoisotopic (exact) mass is 347 g/mol. The maximum Gasteiger partial charge on any atom is 0.163 e. The highest BCUT2D eigenvalue weighted by Gasteiger charge is 2.16. The van der Waals surface area contributed by atoms with Gasteiger partial charge in [-0.2, -0.15) is 0 Å². The number of hydrogen-bond acceptors (Lipinski definition) is 3. The highest BCUT2D eigenvalue weighted by Crippen LogP contribution is 2.34. The maximum absolute atomic E-state index is 6.44. The fourth-order valence-electron chi connectivity index (χ4n) is 2.18. The molecule has 2 rings (SSSR count). The number of hydrogen-bond donors (Lipinski definition) is 1. The third-order valence-corrected chi connectivity index (χ3v) is 4.56. The summed E-state index contributed by atoms with van der Waals surface area (Å²) in [6, 6.07) is 13.8. The summed E-state index contributed by atoms with van der Waals surface area (Å²) in [5, 5.41) is 4.19. The van der Waals surface area contributed by atoms with E-state index >= 15 is 0 Å². The summed E-state index contributed by atoms with van der Waals surface area (Å²) in [4.78, 5) is 0. The molecular formula is C20H26ClNO2. The molecule has 3 nitrogen and oxygen atoms in total. The molecule has 0 aliphatic carbocycles. The summed E-state index contributed by atoms with van der Waals surface area (Å²) in [7, 11) is 1.64. The van der Waals surface area contributed by atoms with Gasteiger partial charge in [0.05, 0.1) is 7.11 Å². The van der Waals surface area contributed by atoms with Crippen molar-refractivity contribution >= 4 is 11.6 Å². The van der Waals surface area contributed by atoms with Crippen LogP contribution in [-0.4, -0.2) is 12.6 Å². The Morgan fingerprint density at radius 1 is 1.08 bits per heavy atom. The fourth-order valence-corrected chi connectivity index (χ4v) is 2.40. The van der Waals surface area contributed by atoms with Crippen molar-refractivity contribution in [1.82, 2.24) is 5.32 Å². The van der Waals surface area contributed by atoms with Crippen molar-refractivity contribution in [3.8, 4) is 11.5 Å². The van der Waals surface area contributed by atoms with Gasteiger partial charge in [0.2, 0.25) is 0 Å². The van der Waals surface area contributed by atoms with E-state index in [-0.39, 0.29) is 5.54 Å². The minimum atomic E-state index is 0.0685. The zero-order chi connectivity index (χ0) is 17.6. The average Bonchev–Trinajstić information content (AvgIpc) is 2.60. The largest absolute Gasteiger partial charge is 0.493 e. The van der Waals surface area contributed by atoms with Gasteiger partial charge < -0.3 is 14.8 Å². The molecule has 0 unspecified atom stereocenters. The predicted molar refractivity (Wildman–Crippen MR) is 100.0 cm³/mol. The van der Waals surface area contributed by atoms with Gasteiger partial charge >= 0.3 is 0 Å². The number of rotatable bonds is 8. The Morgan fingerprint density at radius 2 is 1.79 bits per heavy atom. The molecule has 2 aromatic rings. The molecule has 0 radical (unpaired) electrons. The molecule has 0 spiro atoms. The Kier molecular flexibility index (Phi) is 6.52. The van der Waals surface area contributed by atoms with Crippen molar-refractivity contribution in [3.63, 3.8) is 0 Å². The molecule has 0 aromatic heterocycles. The lowest BCUT2D eigenvalue weighted by Crippen LogP contribution is -2.37. The van der Waals surface area contributed by atoms with E-state index in [0.29, 0.717) is 29.7 Å². The molecule has 4 heteroatoms. The zero-order valence-corrected chi connectivity index (χ0v) is 15.6. The molecule has 0 fully saturated rings. The second kappa shape index (κ2) is 8.41. The summed E-state index contributed by atoms with van der Waals surface area (Å²) in [6.45, 7) is 7.68. The first kappa shape index (κ1) is 18.6. The van der Waals surface area contributed by atoms with Gasteiger partial charge in [-0.25, -0.2) is 0 Å². The van der Waals surface area contributed by atoms with Gasteiger partial charge in [-0.05, 0) is 37.5 Å². The van der Waals surface area contributed by atoms with Crippen LogP contribution < -0.4 is 14.8 Å². The molecule has 0 saturated heterocycles. The van der Waals surface area contributed by atoms with Crippen LogP contribution in [0.1, 0.15) is 38.3 Å². The van der Waals surface area contributed by atoms with Gasteiger partial charge in [-0.3, -0.25) is 0 Å². The number of ether oxygens (including phenoxy) is 2. The molecular weight excluding hydrogens is 322 g/mol. The van der Waals surface area contributed by atoms with Crippen molar-refractivity contribution in [2.75, 3.05) is 7.11 Å². The summed E-state index contributed by atoms with van der Waals surface area (Å²) in [5.74, 6) is 1.35. The molecule has 1 N–H and O–H groups in total. The van der Waals surface area contributed by atoms with E-state index in [2.05, 4.69) is 26.1 Å². The number of benzene rings is 2. The molecule has 24 heavy (non-hydrogen) atoms. The SMILES string of the molecule is CCC(C)(C)NCc1cc(OC)c(OCc2ccccc2)cc1Cl. The van der Waals surface area contributed by atoms with Gasteiger partial charge in [0.25, 0.3) is 0 Å². The molecule has 0 amide bonds. The molecule has 130 valence electrons. The third kappa shape index (κ3) is 5.15. The van der Waals surface area contributed by atoms with Crippen LogP contribution in [0.3, 0.4) is 0 Å². The van der Waals surface area contributed by atoms with E-state index < -0.39 is 0 Å². The van der Waals surface area contributed by atoms with Crippen molar-refractivity contribution in [3.05, 3.63) is 58.6 Å². The van der Waals surface area contributed by atoms with Crippen LogP contribution in [-0.2, 0) is 13.2 Å². The van der Waals surface area contributed by atoms with Crippen LogP contribution in [0.15, 0.2) is 42.5 Å². The van der Waals surface area contributed by atoms with Crippen LogP contribution in [0.5, 0.6) is 11.5 Å². The van der Waals surface area contributed by atoms with E-state index in [1.807, 2.05) is 42.5 Å². The highest BCUT2D eigenvalue weighted by molar-refractivity contribution is 6.31. The predicted octanol–water partition coefficient (Wildman–Crippen LogP) is 5.21. The molecule has 2 aromatic carbocycles. The number of nitrogens with one attached hydrogen (secondary N) is 1. The minimum Gasteiger partial charge on any atom is -0.493 e. The Hall–Kier alpha value is -1.71. The lowest BCUT2D eigenvalue weighted by atomic mass is 10.0. The van der Waals surface area contributed by atoms with Crippen LogP contribution in [0.4, 0.5) is 0 Å². The van der Waals surface area contributed by atoms with Gasteiger partial charge in [-0.1, -0.05) is 48.9 Å². The van der Waals surface area contributed by atoms with Gasteiger partial charge in [0, 0.05) is 23.2 Å². The van der Waals surface area contributed by atoms with E-state index in [1.54, 1.807) is 7.11 Å². The Bertz CT molecular complexity index is 656. The number of methoxy groups -OCH3 is 1. The third-order valence-electron chi connectivity index (χ3n) is 4.21. The zero-order valence-electron chi connectivity index (χ0n) is 14.9. The van der Waals surface area contributed by atoms with Crippen LogP contribution >= 0.6 is 11.6 Å². The molecule has 0 heterocycles. The lowest BCUT2D eigenvalue weighted by Gasteiger charge is -2.25. The summed E-state index contributed by atoms with van der Waals surface area (Å²) in [5.41, 5.74) is 2.17. The van der Waals surface area contributed by atoms with Crippen LogP contribution in [0.25, 0.3) is 0 Å². The Morgan fingerprint density at radius 3 is 2.42 bits per heavy atom. The fraction of sp³-hybridized carbons (Fsp3) is 0.400. The first-order valence-electron chi connectivity index (χ1n) is 8.23. The molecule has 0 aliphatic rings. The quantitative estimate of drug-likeness (QED) is 0.711. The molecule has 0 saturated carbocycles. The summed E-state index contributed by atoms with van der Waals surface area (Å²) in [6.07, 6.45) is 1.04. The van der Waals surface area contributed by atoms with E-state index in [1.165, 1.54) is 0 Å². The number of halogens is 1. The average molecular weight is 348 g/mol. The summed E-state index contributed by atoms with van der Waals surface area (Å²) >= 11 is 6.44. The van der Waals surface area contributed by atoms with E-state index in [4.69, 9.17) is 21.1 Å². The second-order valence-electron chi connectivity index (χ2n) is 6.46. The second-order valence-corrected chi connectivity index (χ2v) is 6.87. The van der Waals surface area contributed by atoms with Crippen molar-refractivity contribution in [2.24, 2.45) is 0 Å². The molecule has 0 bridgehead atoms. The minimum absolute atomic E-state index is 0.0685. The maximum atomic E-state index is 6.44. The van der Waals surface area contributed by atoms with Crippen molar-refractivity contribution < 1.29 is 9.47 Å². The first-order valence-corrected chi connectivity index (χ1v) is 8.61. The highest BCUT2D eigenvalue weighted by atomic mass is 35.5. The Balaban J connectivity index is 2.11. The van der Waals surface area contributed by atoms with Crippen LogP contribution in [0, 0.1) is 0 Å². The van der Waals surface area contributed by atoms with Crippen molar-refractivity contribution in [2.45, 2.75) is 45.9 Å². The molecule has 0 atom stereocenters. The summed E-state index contributed by atoms with van der Waals surface area (Å²) < 4.78 is 11.4.